The number of aromatic hydroxyl groups is 2. The molecule has 23 heteroatoms. The Morgan fingerprint density at radius 3 is 1.94 bits per heavy atom. The van der Waals surface area contributed by atoms with Crippen molar-refractivity contribution in [2.75, 3.05) is 113 Å². The molecule has 1 amide bonds. The molecule has 2 aliphatic carbocycles. The highest BCUT2D eigenvalue weighted by Crippen LogP contribution is 2.52. The molecule has 1 fully saturated rings. The van der Waals surface area contributed by atoms with E-state index in [4.69, 9.17) is 52.9 Å². The molecule has 0 aromatic heterocycles. The summed E-state index contributed by atoms with van der Waals surface area (Å²) in [6.07, 6.45) is -2.30. The second-order valence-corrected chi connectivity index (χ2v) is 17.1. The SMILES string of the molecule is COc1cccc2c1C(=O)c1c(O)c3c(c(O)c1C2=O)C[C@@](O)(C(=O)CO)C[C@@H]3OC1C[C@H](NC(=O)CCOCCOCCOCCOCCOCCOCCOCCCCCCN=[N+]=[N-])[C@H](O)[C@@H](C)O1. The van der Waals surface area contributed by atoms with Crippen molar-refractivity contribution in [2.45, 2.75) is 94.5 Å². The molecule has 5 rings (SSSR count). The van der Waals surface area contributed by atoms with Crippen molar-refractivity contribution in [3.63, 3.8) is 0 Å². The number of aliphatic hydroxyl groups excluding tert-OH is 2. The minimum atomic E-state index is -2.35. The van der Waals surface area contributed by atoms with Crippen LogP contribution in [-0.4, -0.2) is 192 Å². The summed E-state index contributed by atoms with van der Waals surface area (Å²) in [7, 11) is 1.31. The van der Waals surface area contributed by atoms with Crippen molar-refractivity contribution in [1.82, 2.24) is 5.32 Å². The summed E-state index contributed by atoms with van der Waals surface area (Å²) in [4.78, 5) is 56.4. The Hall–Kier alpha value is -4.85. The number of methoxy groups -OCH3 is 1. The molecule has 0 saturated carbocycles. The number of rotatable bonds is 34. The summed E-state index contributed by atoms with van der Waals surface area (Å²) in [6, 6.07) is 3.40. The van der Waals surface area contributed by atoms with Crippen LogP contribution >= 0.6 is 0 Å². The number of aliphatic hydroxyl groups is 3. The van der Waals surface area contributed by atoms with E-state index in [1.165, 1.54) is 32.2 Å². The first kappa shape index (κ1) is 57.1. The summed E-state index contributed by atoms with van der Waals surface area (Å²) in [6.45, 7) is 6.49. The van der Waals surface area contributed by atoms with Crippen LogP contribution in [-0.2, 0) is 58.6 Å². The maximum Gasteiger partial charge on any atom is 0.222 e. The lowest BCUT2D eigenvalue weighted by molar-refractivity contribution is -0.249. The van der Waals surface area contributed by atoms with E-state index in [0.717, 1.165) is 25.7 Å². The van der Waals surface area contributed by atoms with Crippen LogP contribution in [0.1, 0.15) is 101 Å². The predicted octanol–water partition coefficient (Wildman–Crippen LogP) is 2.54. The highest BCUT2D eigenvalue weighted by molar-refractivity contribution is 6.31. The van der Waals surface area contributed by atoms with Crippen molar-refractivity contribution in [2.24, 2.45) is 5.11 Å². The molecule has 6 atom stereocenters. The first-order valence-corrected chi connectivity index (χ1v) is 23.9. The van der Waals surface area contributed by atoms with Crippen molar-refractivity contribution in [3.05, 3.63) is 62.0 Å². The third-order valence-corrected chi connectivity index (χ3v) is 12.2. The number of hydrogen-bond acceptors (Lipinski definition) is 20. The van der Waals surface area contributed by atoms with Crippen molar-refractivity contribution in [1.29, 1.82) is 0 Å². The number of amides is 1. The Morgan fingerprint density at radius 1 is 0.803 bits per heavy atom. The normalized spacial score (nSPS) is 21.5. The average Bonchev–Trinajstić information content (AvgIpc) is 3.35. The summed E-state index contributed by atoms with van der Waals surface area (Å²) in [5.74, 6) is -4.53. The smallest absolute Gasteiger partial charge is 0.222 e. The van der Waals surface area contributed by atoms with Gasteiger partial charge in [0, 0.05) is 60.4 Å². The largest absolute Gasteiger partial charge is 0.507 e. The number of ether oxygens (including phenoxy) is 10. The number of Topliss-reactive ketones (excluding diaryl/α,β-unsaturated/α-hetero) is 1. The standard InChI is InChI=1S/C48H68N4O19/c1-30-43(56)33(51-37(55)10-13-64-15-17-66-19-21-68-23-25-69-24-22-67-20-18-65-16-14-63-12-6-4-3-5-11-50-52-49)26-38(70-30)71-35-28-48(61,36(54)29-53)27-32-40(35)47(60)42-41(45(32)58)44(57)31-8-7-9-34(62-2)39(31)46(42)59/h7-9,30,33,35,38,43,53,56,58,60-61H,3-6,10-29H2,1-2H3,(H,51,55)/t30-,33+,35+,38?,43-,48+/m1/s1. The molecule has 2 aromatic carbocycles. The fraction of sp³-hybridized carbons (Fsp3) is 0.667. The first-order chi connectivity index (χ1) is 34.4. The highest BCUT2D eigenvalue weighted by Gasteiger charge is 2.50. The van der Waals surface area contributed by atoms with Gasteiger partial charge in [-0.2, -0.15) is 0 Å². The van der Waals surface area contributed by atoms with E-state index >= 15 is 0 Å². The number of benzene rings is 2. The van der Waals surface area contributed by atoms with E-state index in [0.29, 0.717) is 79.2 Å². The van der Waals surface area contributed by atoms with Gasteiger partial charge < -0.3 is 78.2 Å². The van der Waals surface area contributed by atoms with Crippen molar-refractivity contribution in [3.8, 4) is 17.2 Å². The number of hydrogen-bond donors (Lipinski definition) is 6. The van der Waals surface area contributed by atoms with Gasteiger partial charge in [0.25, 0.3) is 0 Å². The first-order valence-electron chi connectivity index (χ1n) is 23.9. The molecule has 1 unspecified atom stereocenters. The van der Waals surface area contributed by atoms with Gasteiger partial charge in [-0.15, -0.1) is 0 Å². The molecule has 23 nitrogen and oxygen atoms in total. The number of phenolic OH excluding ortho intramolecular Hbond substituents is 2. The fourth-order valence-electron chi connectivity index (χ4n) is 8.51. The zero-order chi connectivity index (χ0) is 51.2. The van der Waals surface area contributed by atoms with Gasteiger partial charge in [0.2, 0.25) is 11.7 Å². The van der Waals surface area contributed by atoms with E-state index in [9.17, 15) is 44.7 Å². The number of ketones is 3. The second kappa shape index (κ2) is 29.6. The van der Waals surface area contributed by atoms with Gasteiger partial charge >= 0.3 is 0 Å². The van der Waals surface area contributed by atoms with Gasteiger partial charge in [-0.25, -0.2) is 0 Å². The van der Waals surface area contributed by atoms with E-state index in [1.807, 2.05) is 0 Å². The van der Waals surface area contributed by atoms with E-state index in [-0.39, 0.29) is 60.7 Å². The molecule has 1 saturated heterocycles. The van der Waals surface area contributed by atoms with Crippen molar-refractivity contribution < 1.29 is 92.1 Å². The summed E-state index contributed by atoms with van der Waals surface area (Å²) in [5.41, 5.74) is 4.19. The van der Waals surface area contributed by atoms with Gasteiger partial charge in [0.1, 0.15) is 35.6 Å². The molecule has 71 heavy (non-hydrogen) atoms. The number of carbonyl (C=O) groups is 4. The third-order valence-electron chi connectivity index (χ3n) is 12.2. The Bertz CT molecular complexity index is 2120. The monoisotopic (exact) mass is 1000 g/mol. The zero-order valence-electron chi connectivity index (χ0n) is 40.4. The number of nitrogens with one attached hydrogen (secondary N) is 1. The molecule has 1 aliphatic heterocycles. The average molecular weight is 1010 g/mol. The van der Waals surface area contributed by atoms with Crippen LogP contribution in [0.2, 0.25) is 0 Å². The van der Waals surface area contributed by atoms with Gasteiger partial charge in [-0.3, -0.25) is 19.2 Å². The molecule has 3 aliphatic rings. The number of carbonyl (C=O) groups excluding carboxylic acids is 4. The Balaban J connectivity index is 0.962. The molecule has 6 N–H and O–H groups in total. The molecule has 2 aromatic rings. The van der Waals surface area contributed by atoms with E-state index in [1.54, 1.807) is 0 Å². The lowest BCUT2D eigenvalue weighted by atomic mass is 9.72. The minimum absolute atomic E-state index is 0.0507. The maximum absolute atomic E-state index is 14.0. The lowest BCUT2D eigenvalue weighted by Crippen LogP contribution is -2.56. The van der Waals surface area contributed by atoms with Gasteiger partial charge in [-0.1, -0.05) is 30.1 Å². The number of unbranched alkanes of at least 4 members (excludes halogenated alkanes) is 3. The predicted molar refractivity (Wildman–Crippen MR) is 249 cm³/mol. The van der Waals surface area contributed by atoms with Gasteiger partial charge in [0.05, 0.1) is 128 Å². The number of nitrogens with zero attached hydrogens (tertiary/aromatic N) is 3. The van der Waals surface area contributed by atoms with Crippen LogP contribution in [0.4, 0.5) is 0 Å². The number of fused-ring (bicyclic) bond motifs is 3. The zero-order valence-corrected chi connectivity index (χ0v) is 40.4. The van der Waals surface area contributed by atoms with E-state index in [2.05, 4.69) is 15.3 Å². The Morgan fingerprint density at radius 2 is 1.37 bits per heavy atom. The molecule has 0 radical (unpaired) electrons. The lowest BCUT2D eigenvalue weighted by Gasteiger charge is -2.43. The topological polar surface area (TPSA) is 323 Å². The van der Waals surface area contributed by atoms with Crippen LogP contribution in [0, 0.1) is 0 Å². The van der Waals surface area contributed by atoms with E-state index < -0.39 is 102 Å². The molecule has 0 bridgehead atoms. The Labute approximate surface area is 411 Å². The molecule has 0 spiro atoms. The van der Waals surface area contributed by atoms with Crippen LogP contribution < -0.4 is 10.1 Å². The maximum atomic E-state index is 14.0. The van der Waals surface area contributed by atoms with Crippen molar-refractivity contribution >= 4 is 23.3 Å². The van der Waals surface area contributed by atoms with Gasteiger partial charge in [0.15, 0.2) is 17.9 Å². The quantitative estimate of drug-likeness (QED) is 0.0165. The number of phenols is 2. The summed E-state index contributed by atoms with van der Waals surface area (Å²) >= 11 is 0. The number of azide groups is 1. The van der Waals surface area contributed by atoms with Crippen LogP contribution in [0.15, 0.2) is 23.3 Å². The van der Waals surface area contributed by atoms with Crippen LogP contribution in [0.3, 0.4) is 0 Å². The minimum Gasteiger partial charge on any atom is -0.507 e. The highest BCUT2D eigenvalue weighted by atomic mass is 16.7. The molecule has 1 heterocycles. The third kappa shape index (κ3) is 16.1. The van der Waals surface area contributed by atoms with Crippen LogP contribution in [0.25, 0.3) is 10.4 Å². The van der Waals surface area contributed by atoms with Gasteiger partial charge in [-0.05, 0) is 31.4 Å². The second-order valence-electron chi connectivity index (χ2n) is 17.1. The molecular formula is C48H68N4O19. The summed E-state index contributed by atoms with van der Waals surface area (Å²) < 4.78 is 56.1. The molecule has 394 valence electrons. The van der Waals surface area contributed by atoms with Crippen LogP contribution in [0.5, 0.6) is 17.2 Å². The Kier molecular flexibility index (Phi) is 23.8. The summed E-state index contributed by atoms with van der Waals surface area (Å²) in [5, 5.41) is 62.0. The fourth-order valence-corrected chi connectivity index (χ4v) is 8.51. The molecular weight excluding hydrogens is 937 g/mol.